The molecule has 2 N–H and O–H groups in total. The standard InChI is InChI=1S/C21H22N4O/c26-21(24-19-9-5-7-17-6-1-2-8-18(17)19)23-15-16-10-11-22-20(14-16)25-12-3-4-13-25/h1-2,5-11,14H,3-4,12-13,15H2,(H2,23,24,26). The second kappa shape index (κ2) is 7.44. The van der Waals surface area contributed by atoms with E-state index in [-0.39, 0.29) is 6.03 Å². The number of benzene rings is 2. The van der Waals surface area contributed by atoms with Gasteiger partial charge in [-0.3, -0.25) is 0 Å². The Labute approximate surface area is 153 Å². The van der Waals surface area contributed by atoms with Crippen LogP contribution in [0.5, 0.6) is 0 Å². The lowest BCUT2D eigenvalue weighted by Gasteiger charge is -2.17. The molecule has 0 saturated carbocycles. The van der Waals surface area contributed by atoms with Crippen LogP contribution in [0.15, 0.2) is 60.8 Å². The smallest absolute Gasteiger partial charge is 0.319 e. The van der Waals surface area contributed by atoms with Gasteiger partial charge in [0, 0.05) is 31.2 Å². The second-order valence-electron chi connectivity index (χ2n) is 6.55. The van der Waals surface area contributed by atoms with Crippen LogP contribution in [-0.2, 0) is 6.54 Å². The first kappa shape index (κ1) is 16.4. The fourth-order valence-electron chi connectivity index (χ4n) is 3.37. The van der Waals surface area contributed by atoms with Crippen molar-refractivity contribution in [3.8, 4) is 0 Å². The lowest BCUT2D eigenvalue weighted by atomic mass is 10.1. The summed E-state index contributed by atoms with van der Waals surface area (Å²) in [6.45, 7) is 2.59. The van der Waals surface area contributed by atoms with Gasteiger partial charge < -0.3 is 15.5 Å². The van der Waals surface area contributed by atoms with Crippen molar-refractivity contribution in [1.29, 1.82) is 0 Å². The maximum absolute atomic E-state index is 12.3. The molecule has 2 heterocycles. The monoisotopic (exact) mass is 346 g/mol. The molecule has 0 radical (unpaired) electrons. The highest BCUT2D eigenvalue weighted by Crippen LogP contribution is 2.23. The lowest BCUT2D eigenvalue weighted by molar-refractivity contribution is 0.252. The highest BCUT2D eigenvalue weighted by atomic mass is 16.2. The maximum Gasteiger partial charge on any atom is 0.319 e. The fraction of sp³-hybridized carbons (Fsp3) is 0.238. The molecule has 0 bridgehead atoms. The number of amides is 2. The largest absolute Gasteiger partial charge is 0.357 e. The van der Waals surface area contributed by atoms with Crippen LogP contribution in [-0.4, -0.2) is 24.1 Å². The Morgan fingerprint density at radius 3 is 2.73 bits per heavy atom. The second-order valence-corrected chi connectivity index (χ2v) is 6.55. The summed E-state index contributed by atoms with van der Waals surface area (Å²) in [6, 6.07) is 17.7. The topological polar surface area (TPSA) is 57.3 Å². The van der Waals surface area contributed by atoms with Gasteiger partial charge in [0.05, 0.1) is 5.69 Å². The zero-order valence-corrected chi connectivity index (χ0v) is 14.6. The predicted octanol–water partition coefficient (Wildman–Crippen LogP) is 4.16. The Morgan fingerprint density at radius 2 is 1.85 bits per heavy atom. The summed E-state index contributed by atoms with van der Waals surface area (Å²) >= 11 is 0. The summed E-state index contributed by atoms with van der Waals surface area (Å²) < 4.78 is 0. The Bertz CT molecular complexity index is 913. The van der Waals surface area contributed by atoms with Gasteiger partial charge in [-0.15, -0.1) is 0 Å². The molecule has 1 saturated heterocycles. The number of hydrogen-bond acceptors (Lipinski definition) is 3. The van der Waals surface area contributed by atoms with Gasteiger partial charge in [0.1, 0.15) is 5.82 Å². The number of pyridine rings is 1. The molecule has 1 aliphatic rings. The van der Waals surface area contributed by atoms with Crippen molar-refractivity contribution in [3.63, 3.8) is 0 Å². The third-order valence-electron chi connectivity index (χ3n) is 4.73. The van der Waals surface area contributed by atoms with Crippen LogP contribution in [0, 0.1) is 0 Å². The van der Waals surface area contributed by atoms with Crippen LogP contribution in [0.1, 0.15) is 18.4 Å². The Kier molecular flexibility index (Phi) is 4.69. The molecule has 0 aliphatic carbocycles. The number of aromatic nitrogens is 1. The van der Waals surface area contributed by atoms with Crippen molar-refractivity contribution in [2.75, 3.05) is 23.3 Å². The number of rotatable bonds is 4. The van der Waals surface area contributed by atoms with Crippen molar-refractivity contribution in [1.82, 2.24) is 10.3 Å². The molecule has 0 atom stereocenters. The SMILES string of the molecule is O=C(NCc1ccnc(N2CCCC2)c1)Nc1cccc2ccccc12. The summed E-state index contributed by atoms with van der Waals surface area (Å²) in [5.74, 6) is 0.997. The van der Waals surface area contributed by atoms with Crippen LogP contribution in [0.2, 0.25) is 0 Å². The molecule has 5 nitrogen and oxygen atoms in total. The molecule has 5 heteroatoms. The van der Waals surface area contributed by atoms with Crippen molar-refractivity contribution >= 4 is 28.3 Å². The highest BCUT2D eigenvalue weighted by molar-refractivity contribution is 6.01. The van der Waals surface area contributed by atoms with Crippen LogP contribution >= 0.6 is 0 Å². The molecular weight excluding hydrogens is 324 g/mol. The van der Waals surface area contributed by atoms with E-state index in [2.05, 4.69) is 26.6 Å². The van der Waals surface area contributed by atoms with E-state index in [1.165, 1.54) is 12.8 Å². The lowest BCUT2D eigenvalue weighted by Crippen LogP contribution is -2.28. The normalized spacial score (nSPS) is 13.8. The number of nitrogens with one attached hydrogen (secondary N) is 2. The minimum absolute atomic E-state index is 0.208. The Hall–Kier alpha value is -3.08. The molecule has 1 aliphatic heterocycles. The first-order valence-electron chi connectivity index (χ1n) is 9.02. The summed E-state index contributed by atoms with van der Waals surface area (Å²) in [5.41, 5.74) is 1.86. The number of carbonyl (C=O) groups excluding carboxylic acids is 1. The van der Waals surface area contributed by atoms with Gasteiger partial charge in [0.15, 0.2) is 0 Å². The van der Waals surface area contributed by atoms with Gasteiger partial charge >= 0.3 is 6.03 Å². The van der Waals surface area contributed by atoms with Gasteiger partial charge in [-0.2, -0.15) is 0 Å². The van der Waals surface area contributed by atoms with Gasteiger partial charge in [-0.1, -0.05) is 36.4 Å². The molecule has 0 spiro atoms. The molecule has 2 aromatic carbocycles. The van der Waals surface area contributed by atoms with E-state index in [1.54, 1.807) is 0 Å². The molecule has 1 aromatic heterocycles. The van der Waals surface area contributed by atoms with Gasteiger partial charge in [0.25, 0.3) is 0 Å². The van der Waals surface area contributed by atoms with Gasteiger partial charge in [-0.25, -0.2) is 9.78 Å². The van der Waals surface area contributed by atoms with Crippen LogP contribution in [0.3, 0.4) is 0 Å². The molecule has 0 unspecified atom stereocenters. The number of urea groups is 1. The van der Waals surface area contributed by atoms with Crippen molar-refractivity contribution in [2.45, 2.75) is 19.4 Å². The fourth-order valence-corrected chi connectivity index (χ4v) is 3.37. The zero-order chi connectivity index (χ0) is 17.8. The zero-order valence-electron chi connectivity index (χ0n) is 14.6. The summed E-state index contributed by atoms with van der Waals surface area (Å²) in [4.78, 5) is 19.1. The van der Waals surface area contributed by atoms with E-state index in [9.17, 15) is 4.79 Å². The Balaban J connectivity index is 1.40. The molecule has 132 valence electrons. The highest BCUT2D eigenvalue weighted by Gasteiger charge is 2.13. The van der Waals surface area contributed by atoms with Crippen molar-refractivity contribution < 1.29 is 4.79 Å². The van der Waals surface area contributed by atoms with Crippen LogP contribution in [0.25, 0.3) is 10.8 Å². The summed E-state index contributed by atoms with van der Waals surface area (Å²) in [6.07, 6.45) is 4.25. The molecule has 4 rings (SSSR count). The quantitative estimate of drug-likeness (QED) is 0.746. The maximum atomic E-state index is 12.3. The van der Waals surface area contributed by atoms with Gasteiger partial charge in [0.2, 0.25) is 0 Å². The minimum Gasteiger partial charge on any atom is -0.357 e. The third-order valence-corrected chi connectivity index (χ3v) is 4.73. The first-order chi connectivity index (χ1) is 12.8. The number of hydrogen-bond donors (Lipinski definition) is 2. The molecule has 2 amide bonds. The van der Waals surface area contributed by atoms with Crippen LogP contribution in [0.4, 0.5) is 16.3 Å². The molecule has 3 aromatic rings. The average molecular weight is 346 g/mol. The minimum atomic E-state index is -0.208. The van der Waals surface area contributed by atoms with E-state index >= 15 is 0 Å². The van der Waals surface area contributed by atoms with E-state index in [4.69, 9.17) is 0 Å². The summed E-state index contributed by atoms with van der Waals surface area (Å²) in [7, 11) is 0. The Morgan fingerprint density at radius 1 is 1.04 bits per heavy atom. The number of fused-ring (bicyclic) bond motifs is 1. The van der Waals surface area contributed by atoms with Crippen LogP contribution < -0.4 is 15.5 Å². The number of nitrogens with zero attached hydrogens (tertiary/aromatic N) is 2. The summed E-state index contributed by atoms with van der Waals surface area (Å²) in [5, 5.41) is 8.02. The predicted molar refractivity (Wildman–Crippen MR) is 105 cm³/mol. The van der Waals surface area contributed by atoms with Gasteiger partial charge in [-0.05, 0) is 42.0 Å². The van der Waals surface area contributed by atoms with E-state index in [1.807, 2.05) is 54.7 Å². The molecule has 1 fully saturated rings. The van der Waals surface area contributed by atoms with Crippen molar-refractivity contribution in [2.24, 2.45) is 0 Å². The van der Waals surface area contributed by atoms with E-state index in [0.29, 0.717) is 6.54 Å². The van der Waals surface area contributed by atoms with E-state index in [0.717, 1.165) is 40.9 Å². The van der Waals surface area contributed by atoms with E-state index < -0.39 is 0 Å². The molecular formula is C21H22N4O. The molecule has 26 heavy (non-hydrogen) atoms. The number of anilines is 2. The number of carbonyl (C=O) groups is 1. The average Bonchev–Trinajstić information content (AvgIpc) is 3.22. The first-order valence-corrected chi connectivity index (χ1v) is 9.02. The van der Waals surface area contributed by atoms with Crippen molar-refractivity contribution in [3.05, 3.63) is 66.4 Å². The third kappa shape index (κ3) is 3.61.